The lowest BCUT2D eigenvalue weighted by Crippen LogP contribution is -2.26. The second-order valence-electron chi connectivity index (χ2n) is 6.38. The van der Waals surface area contributed by atoms with Gasteiger partial charge in [-0.05, 0) is 48.9 Å². The zero-order chi connectivity index (χ0) is 20.1. The van der Waals surface area contributed by atoms with Gasteiger partial charge in [-0.1, -0.05) is 35.3 Å². The van der Waals surface area contributed by atoms with Crippen molar-refractivity contribution in [2.75, 3.05) is 7.05 Å². The van der Waals surface area contributed by atoms with Crippen LogP contribution in [0.25, 0.3) is 0 Å². The molecule has 0 saturated carbocycles. The topological polar surface area (TPSA) is 47.4 Å². The smallest absolute Gasteiger partial charge is 0.253 e. The summed E-state index contributed by atoms with van der Waals surface area (Å²) >= 11 is 12.1. The van der Waals surface area contributed by atoms with E-state index >= 15 is 0 Å². The van der Waals surface area contributed by atoms with Crippen molar-refractivity contribution in [3.8, 4) is 5.75 Å². The number of rotatable bonds is 7. The second-order valence-corrected chi connectivity index (χ2v) is 7.22. The Hall–Kier alpha value is -2.50. The summed E-state index contributed by atoms with van der Waals surface area (Å²) in [6.45, 7) is 3.49. The van der Waals surface area contributed by atoms with E-state index in [1.807, 2.05) is 31.2 Å². The molecule has 0 spiro atoms. The first-order chi connectivity index (χ1) is 13.5. The largest absolute Gasteiger partial charge is 0.489 e. The fraction of sp³-hybridized carbons (Fsp3) is 0.238. The van der Waals surface area contributed by atoms with Gasteiger partial charge in [0.15, 0.2) is 0 Å². The Labute approximate surface area is 174 Å². The SMILES string of the molecule is CCn1cc(Cl)c(CN(C)C(=O)c2ccc(COc3ccc(Cl)cc3)cc2)n1. The zero-order valence-electron chi connectivity index (χ0n) is 15.7. The van der Waals surface area contributed by atoms with E-state index in [0.29, 0.717) is 34.5 Å². The van der Waals surface area contributed by atoms with E-state index in [2.05, 4.69) is 5.10 Å². The van der Waals surface area contributed by atoms with Gasteiger partial charge in [-0.2, -0.15) is 5.10 Å². The molecule has 0 unspecified atom stereocenters. The molecule has 28 heavy (non-hydrogen) atoms. The van der Waals surface area contributed by atoms with Crippen LogP contribution in [0.4, 0.5) is 0 Å². The van der Waals surface area contributed by atoms with Crippen molar-refractivity contribution < 1.29 is 9.53 Å². The highest BCUT2D eigenvalue weighted by Gasteiger charge is 2.15. The van der Waals surface area contributed by atoms with Crippen molar-refractivity contribution in [2.24, 2.45) is 0 Å². The van der Waals surface area contributed by atoms with Gasteiger partial charge in [-0.25, -0.2) is 0 Å². The van der Waals surface area contributed by atoms with E-state index < -0.39 is 0 Å². The van der Waals surface area contributed by atoms with E-state index in [9.17, 15) is 4.79 Å². The van der Waals surface area contributed by atoms with Gasteiger partial charge in [0.25, 0.3) is 5.91 Å². The molecule has 0 N–H and O–H groups in total. The summed E-state index contributed by atoms with van der Waals surface area (Å²) < 4.78 is 7.48. The predicted molar refractivity (Wildman–Crippen MR) is 111 cm³/mol. The molecule has 0 aliphatic carbocycles. The molecule has 2 aromatic carbocycles. The Morgan fingerprint density at radius 2 is 1.79 bits per heavy atom. The molecule has 1 amide bonds. The van der Waals surface area contributed by atoms with Crippen molar-refractivity contribution in [2.45, 2.75) is 26.6 Å². The number of carbonyl (C=O) groups is 1. The summed E-state index contributed by atoms with van der Waals surface area (Å²) in [6, 6.07) is 14.6. The van der Waals surface area contributed by atoms with E-state index in [1.54, 1.807) is 47.1 Å². The van der Waals surface area contributed by atoms with Crippen molar-refractivity contribution >= 4 is 29.1 Å². The Morgan fingerprint density at radius 3 is 2.39 bits per heavy atom. The molecular formula is C21H21Cl2N3O2. The fourth-order valence-corrected chi connectivity index (χ4v) is 3.00. The second kappa shape index (κ2) is 9.13. The van der Waals surface area contributed by atoms with E-state index in [4.69, 9.17) is 27.9 Å². The molecule has 0 radical (unpaired) electrons. The van der Waals surface area contributed by atoms with E-state index in [-0.39, 0.29) is 5.91 Å². The number of benzene rings is 2. The summed E-state index contributed by atoms with van der Waals surface area (Å²) in [4.78, 5) is 14.3. The number of amides is 1. The highest BCUT2D eigenvalue weighted by molar-refractivity contribution is 6.31. The summed E-state index contributed by atoms with van der Waals surface area (Å²) in [6.07, 6.45) is 1.77. The standard InChI is InChI=1S/C21H21Cl2N3O2/c1-3-26-12-19(23)20(24-26)13-25(2)21(27)16-6-4-15(5-7-16)14-28-18-10-8-17(22)9-11-18/h4-12H,3,13-14H2,1-2H3. The fourth-order valence-electron chi connectivity index (χ4n) is 2.66. The number of nitrogens with zero attached hydrogens (tertiary/aromatic N) is 3. The van der Waals surface area contributed by atoms with Crippen LogP contribution in [0, 0.1) is 0 Å². The first-order valence-corrected chi connectivity index (χ1v) is 9.66. The van der Waals surface area contributed by atoms with Crippen LogP contribution in [0.5, 0.6) is 5.75 Å². The van der Waals surface area contributed by atoms with Crippen LogP contribution in [-0.4, -0.2) is 27.6 Å². The minimum absolute atomic E-state index is 0.0905. The molecule has 3 rings (SSSR count). The third kappa shape index (κ3) is 5.06. The maximum Gasteiger partial charge on any atom is 0.253 e. The average Bonchev–Trinajstić information content (AvgIpc) is 3.07. The van der Waals surface area contributed by atoms with Crippen LogP contribution >= 0.6 is 23.2 Å². The third-order valence-corrected chi connectivity index (χ3v) is 4.83. The third-order valence-electron chi connectivity index (χ3n) is 4.26. The Bertz CT molecular complexity index is 937. The molecule has 0 aliphatic heterocycles. The lowest BCUT2D eigenvalue weighted by atomic mass is 10.1. The first kappa shape index (κ1) is 20.2. The van der Waals surface area contributed by atoms with Crippen molar-refractivity contribution in [3.63, 3.8) is 0 Å². The zero-order valence-corrected chi connectivity index (χ0v) is 17.2. The van der Waals surface area contributed by atoms with Gasteiger partial charge >= 0.3 is 0 Å². The number of aromatic nitrogens is 2. The normalized spacial score (nSPS) is 10.7. The van der Waals surface area contributed by atoms with Crippen LogP contribution in [0.1, 0.15) is 28.5 Å². The van der Waals surface area contributed by atoms with E-state index in [0.717, 1.165) is 17.9 Å². The number of aryl methyl sites for hydroxylation is 1. The predicted octanol–water partition coefficient (Wildman–Crippen LogP) is 5.06. The number of ether oxygens (including phenoxy) is 1. The molecule has 0 atom stereocenters. The van der Waals surface area contributed by atoms with Crippen LogP contribution in [0.3, 0.4) is 0 Å². The quantitative estimate of drug-likeness (QED) is 0.539. The van der Waals surface area contributed by atoms with Gasteiger partial charge in [0.1, 0.15) is 18.1 Å². The number of hydrogen-bond donors (Lipinski definition) is 0. The molecule has 0 fully saturated rings. The molecule has 5 nitrogen and oxygen atoms in total. The van der Waals surface area contributed by atoms with Crippen molar-refractivity contribution in [1.82, 2.24) is 14.7 Å². The maximum atomic E-state index is 12.7. The van der Waals surface area contributed by atoms with Gasteiger partial charge in [-0.3, -0.25) is 9.48 Å². The van der Waals surface area contributed by atoms with Gasteiger partial charge in [0.05, 0.1) is 11.6 Å². The summed E-state index contributed by atoms with van der Waals surface area (Å²) in [5.41, 5.74) is 2.26. The van der Waals surface area contributed by atoms with Gasteiger partial charge in [0, 0.05) is 30.4 Å². The minimum Gasteiger partial charge on any atom is -0.489 e. The van der Waals surface area contributed by atoms with Crippen LogP contribution in [0.15, 0.2) is 54.7 Å². The Balaban J connectivity index is 1.59. The van der Waals surface area contributed by atoms with Crippen LogP contribution in [-0.2, 0) is 19.7 Å². The number of hydrogen-bond acceptors (Lipinski definition) is 3. The monoisotopic (exact) mass is 417 g/mol. The number of carbonyl (C=O) groups excluding carboxylic acids is 1. The Kier molecular flexibility index (Phi) is 6.60. The average molecular weight is 418 g/mol. The molecule has 1 heterocycles. The molecule has 1 aromatic heterocycles. The van der Waals surface area contributed by atoms with Gasteiger partial charge in [-0.15, -0.1) is 0 Å². The highest BCUT2D eigenvalue weighted by Crippen LogP contribution is 2.19. The molecule has 0 saturated heterocycles. The minimum atomic E-state index is -0.0905. The molecule has 146 valence electrons. The maximum absolute atomic E-state index is 12.7. The van der Waals surface area contributed by atoms with E-state index in [1.165, 1.54) is 0 Å². The van der Waals surface area contributed by atoms with Crippen LogP contribution in [0.2, 0.25) is 10.0 Å². The summed E-state index contributed by atoms with van der Waals surface area (Å²) in [5.74, 6) is 0.653. The lowest BCUT2D eigenvalue weighted by molar-refractivity contribution is 0.0783. The Morgan fingerprint density at radius 1 is 1.11 bits per heavy atom. The van der Waals surface area contributed by atoms with Gasteiger partial charge < -0.3 is 9.64 Å². The summed E-state index contributed by atoms with van der Waals surface area (Å²) in [7, 11) is 1.74. The molecular weight excluding hydrogens is 397 g/mol. The summed E-state index contributed by atoms with van der Waals surface area (Å²) in [5, 5.41) is 5.62. The van der Waals surface area contributed by atoms with Crippen molar-refractivity contribution in [3.05, 3.63) is 81.6 Å². The first-order valence-electron chi connectivity index (χ1n) is 8.91. The lowest BCUT2D eigenvalue weighted by Gasteiger charge is -2.16. The van der Waals surface area contributed by atoms with Gasteiger partial charge in [0.2, 0.25) is 0 Å². The van der Waals surface area contributed by atoms with Crippen LogP contribution < -0.4 is 4.74 Å². The molecule has 0 aliphatic rings. The molecule has 7 heteroatoms. The molecule has 3 aromatic rings. The highest BCUT2D eigenvalue weighted by atomic mass is 35.5. The van der Waals surface area contributed by atoms with Crippen molar-refractivity contribution in [1.29, 1.82) is 0 Å². The molecule has 0 bridgehead atoms. The number of halogens is 2.